The standard InChI is InChI=1S/C16H19F3N4O2S2/c1-9(2)8-20-13(24)10(3)26-15-23-22-14(27-15)21-11-4-6-12(7-5-11)25-16(17,18)19/h4-7,9-10H,8H2,1-3H3,(H,20,24)(H,21,22)/t10-/m1/s1. The molecule has 0 spiro atoms. The molecule has 1 atom stereocenters. The Balaban J connectivity index is 1.89. The summed E-state index contributed by atoms with van der Waals surface area (Å²) in [6.45, 7) is 6.43. The second-order valence-corrected chi connectivity index (χ2v) is 8.53. The van der Waals surface area contributed by atoms with Crippen LogP contribution >= 0.6 is 23.1 Å². The van der Waals surface area contributed by atoms with Crippen LogP contribution < -0.4 is 15.4 Å². The van der Waals surface area contributed by atoms with E-state index in [1.807, 2.05) is 13.8 Å². The molecule has 1 aromatic carbocycles. The van der Waals surface area contributed by atoms with Crippen molar-refractivity contribution in [3.63, 3.8) is 0 Å². The van der Waals surface area contributed by atoms with E-state index < -0.39 is 6.36 Å². The Morgan fingerprint density at radius 3 is 2.48 bits per heavy atom. The maximum Gasteiger partial charge on any atom is 0.573 e. The number of hydrogen-bond acceptors (Lipinski definition) is 7. The van der Waals surface area contributed by atoms with Crippen LogP contribution in [0.2, 0.25) is 0 Å². The SMILES string of the molecule is CC(C)CNC(=O)[C@@H](C)Sc1nnc(Nc2ccc(OC(F)(F)F)cc2)s1. The van der Waals surface area contributed by atoms with Gasteiger partial charge in [0.25, 0.3) is 0 Å². The highest BCUT2D eigenvalue weighted by molar-refractivity contribution is 8.02. The van der Waals surface area contributed by atoms with E-state index in [0.29, 0.717) is 27.6 Å². The second kappa shape index (κ2) is 9.27. The molecule has 2 N–H and O–H groups in total. The number of ether oxygens (including phenoxy) is 1. The van der Waals surface area contributed by atoms with Gasteiger partial charge in [0.2, 0.25) is 11.0 Å². The molecule has 11 heteroatoms. The van der Waals surface area contributed by atoms with Gasteiger partial charge in [0.05, 0.1) is 5.25 Å². The summed E-state index contributed by atoms with van der Waals surface area (Å²) in [6, 6.07) is 5.29. The van der Waals surface area contributed by atoms with E-state index in [9.17, 15) is 18.0 Å². The van der Waals surface area contributed by atoms with Gasteiger partial charge in [0.1, 0.15) is 5.75 Å². The summed E-state index contributed by atoms with van der Waals surface area (Å²) in [6.07, 6.45) is -4.72. The van der Waals surface area contributed by atoms with E-state index >= 15 is 0 Å². The molecule has 1 heterocycles. The van der Waals surface area contributed by atoms with Crippen LogP contribution in [0.25, 0.3) is 0 Å². The van der Waals surface area contributed by atoms with Crippen molar-refractivity contribution in [1.29, 1.82) is 0 Å². The van der Waals surface area contributed by atoms with Crippen LogP contribution in [0.15, 0.2) is 28.6 Å². The topological polar surface area (TPSA) is 76.1 Å². The zero-order chi connectivity index (χ0) is 20.0. The number of aromatic nitrogens is 2. The first kappa shape index (κ1) is 21.3. The van der Waals surface area contributed by atoms with Gasteiger partial charge in [-0.1, -0.05) is 36.9 Å². The molecule has 0 saturated carbocycles. The van der Waals surface area contributed by atoms with E-state index in [1.54, 1.807) is 6.92 Å². The fraction of sp³-hybridized carbons (Fsp3) is 0.438. The first-order chi connectivity index (χ1) is 12.6. The van der Waals surface area contributed by atoms with Crippen molar-refractivity contribution >= 4 is 39.8 Å². The third-order valence-corrected chi connectivity index (χ3v) is 5.10. The van der Waals surface area contributed by atoms with Crippen molar-refractivity contribution in [3.8, 4) is 5.75 Å². The molecule has 0 fully saturated rings. The summed E-state index contributed by atoms with van der Waals surface area (Å²) in [5.74, 6) is -0.00198. The zero-order valence-electron chi connectivity index (χ0n) is 14.8. The molecule has 0 unspecified atom stereocenters. The number of halogens is 3. The van der Waals surface area contributed by atoms with E-state index in [4.69, 9.17) is 0 Å². The van der Waals surface area contributed by atoms with Crippen LogP contribution in [0.5, 0.6) is 5.75 Å². The van der Waals surface area contributed by atoms with Crippen LogP contribution in [0.1, 0.15) is 20.8 Å². The summed E-state index contributed by atoms with van der Waals surface area (Å²) >= 11 is 2.54. The summed E-state index contributed by atoms with van der Waals surface area (Å²) in [7, 11) is 0. The van der Waals surface area contributed by atoms with E-state index in [1.165, 1.54) is 47.4 Å². The van der Waals surface area contributed by atoms with Crippen molar-refractivity contribution in [3.05, 3.63) is 24.3 Å². The molecular formula is C16H19F3N4O2S2. The highest BCUT2D eigenvalue weighted by Crippen LogP contribution is 2.31. The van der Waals surface area contributed by atoms with Gasteiger partial charge in [-0.15, -0.1) is 23.4 Å². The molecule has 6 nitrogen and oxygen atoms in total. The quantitative estimate of drug-likeness (QED) is 0.615. The van der Waals surface area contributed by atoms with Gasteiger partial charge < -0.3 is 15.4 Å². The summed E-state index contributed by atoms with van der Waals surface area (Å²) < 4.78 is 40.9. The minimum absolute atomic E-state index is 0.0707. The molecule has 1 amide bonds. The van der Waals surface area contributed by atoms with Gasteiger partial charge in [-0.3, -0.25) is 4.79 Å². The van der Waals surface area contributed by atoms with Gasteiger partial charge in [-0.2, -0.15) is 0 Å². The number of anilines is 2. The molecule has 1 aromatic heterocycles. The Labute approximate surface area is 162 Å². The first-order valence-corrected chi connectivity index (χ1v) is 9.72. The maximum absolute atomic E-state index is 12.2. The average Bonchev–Trinajstić information content (AvgIpc) is 3.00. The third kappa shape index (κ3) is 7.63. The lowest BCUT2D eigenvalue weighted by molar-refractivity contribution is -0.274. The fourth-order valence-corrected chi connectivity index (χ4v) is 3.77. The molecule has 148 valence electrons. The zero-order valence-corrected chi connectivity index (χ0v) is 16.5. The van der Waals surface area contributed by atoms with Crippen molar-refractivity contribution in [1.82, 2.24) is 15.5 Å². The number of carbonyl (C=O) groups excluding carboxylic acids is 1. The summed E-state index contributed by atoms with van der Waals surface area (Å²) in [4.78, 5) is 12.0. The minimum atomic E-state index is -4.72. The molecule has 0 saturated heterocycles. The Hall–Kier alpha value is -2.01. The number of amides is 1. The van der Waals surface area contributed by atoms with Crippen LogP contribution in [0.3, 0.4) is 0 Å². The van der Waals surface area contributed by atoms with Gasteiger partial charge >= 0.3 is 6.36 Å². The lowest BCUT2D eigenvalue weighted by atomic mass is 10.2. The predicted molar refractivity (Wildman–Crippen MR) is 99.5 cm³/mol. The van der Waals surface area contributed by atoms with Crippen molar-refractivity contribution in [2.45, 2.75) is 36.7 Å². The molecular weight excluding hydrogens is 401 g/mol. The minimum Gasteiger partial charge on any atom is -0.406 e. The number of alkyl halides is 3. The monoisotopic (exact) mass is 420 g/mol. The lowest BCUT2D eigenvalue weighted by Gasteiger charge is -2.11. The Morgan fingerprint density at radius 1 is 1.22 bits per heavy atom. The average molecular weight is 420 g/mol. The number of benzene rings is 1. The molecule has 0 aliphatic rings. The van der Waals surface area contributed by atoms with Gasteiger partial charge in [-0.25, -0.2) is 0 Å². The Morgan fingerprint density at radius 2 is 1.89 bits per heavy atom. The third-order valence-electron chi connectivity index (χ3n) is 3.08. The number of nitrogens with one attached hydrogen (secondary N) is 2. The van der Waals surface area contributed by atoms with Gasteiger partial charge in [0, 0.05) is 12.2 Å². The molecule has 0 aliphatic heterocycles. The van der Waals surface area contributed by atoms with Crippen molar-refractivity contribution < 1.29 is 22.7 Å². The largest absolute Gasteiger partial charge is 0.573 e. The molecule has 0 aliphatic carbocycles. The molecule has 2 rings (SSSR count). The van der Waals surface area contributed by atoms with Crippen LogP contribution in [0, 0.1) is 5.92 Å². The van der Waals surface area contributed by atoms with Crippen molar-refractivity contribution in [2.24, 2.45) is 5.92 Å². The van der Waals surface area contributed by atoms with Crippen LogP contribution in [-0.2, 0) is 4.79 Å². The number of rotatable bonds is 8. The molecule has 0 radical (unpaired) electrons. The highest BCUT2D eigenvalue weighted by Gasteiger charge is 2.30. The van der Waals surface area contributed by atoms with Gasteiger partial charge in [-0.05, 0) is 37.1 Å². The smallest absolute Gasteiger partial charge is 0.406 e. The predicted octanol–water partition coefficient (Wildman–Crippen LogP) is 4.43. The van der Waals surface area contributed by atoms with E-state index in [2.05, 4.69) is 25.6 Å². The van der Waals surface area contributed by atoms with Gasteiger partial charge in [0.15, 0.2) is 4.34 Å². The normalized spacial score (nSPS) is 12.7. The van der Waals surface area contributed by atoms with Crippen molar-refractivity contribution in [2.75, 3.05) is 11.9 Å². The van der Waals surface area contributed by atoms with Crippen LogP contribution in [0.4, 0.5) is 24.0 Å². The van der Waals surface area contributed by atoms with Crippen LogP contribution in [-0.4, -0.2) is 34.3 Å². The number of nitrogens with zero attached hydrogens (tertiary/aromatic N) is 2. The van der Waals surface area contributed by atoms with E-state index in [-0.39, 0.29) is 16.9 Å². The second-order valence-electron chi connectivity index (χ2n) is 5.97. The lowest BCUT2D eigenvalue weighted by Crippen LogP contribution is -2.33. The maximum atomic E-state index is 12.2. The Kier molecular flexibility index (Phi) is 7.31. The molecule has 27 heavy (non-hydrogen) atoms. The Bertz CT molecular complexity index is 751. The first-order valence-electron chi connectivity index (χ1n) is 8.03. The molecule has 2 aromatic rings. The fourth-order valence-electron chi connectivity index (χ4n) is 1.82. The molecule has 0 bridgehead atoms. The van der Waals surface area contributed by atoms with E-state index in [0.717, 1.165) is 0 Å². The number of carbonyl (C=O) groups is 1. The number of thioether (sulfide) groups is 1. The summed E-state index contributed by atoms with van der Waals surface area (Å²) in [5, 5.41) is 13.9. The number of hydrogen-bond donors (Lipinski definition) is 2. The summed E-state index contributed by atoms with van der Waals surface area (Å²) in [5.41, 5.74) is 0.542. The highest BCUT2D eigenvalue weighted by atomic mass is 32.2.